The van der Waals surface area contributed by atoms with E-state index in [1.807, 2.05) is 13.0 Å². The third-order valence-electron chi connectivity index (χ3n) is 5.58. The zero-order chi connectivity index (χ0) is 23.5. The molecule has 172 valence electrons. The first-order chi connectivity index (χ1) is 15.1. The number of non-ortho nitro benzene ring substituents is 1. The number of nitro groups is 1. The molecule has 1 aliphatic carbocycles. The Morgan fingerprint density at radius 2 is 1.88 bits per heavy atom. The lowest BCUT2D eigenvalue weighted by molar-refractivity contribution is -0.384. The molecule has 10 heteroatoms. The Morgan fingerprint density at radius 1 is 1.19 bits per heavy atom. The van der Waals surface area contributed by atoms with Gasteiger partial charge in [-0.1, -0.05) is 18.2 Å². The molecule has 9 nitrogen and oxygen atoms in total. The average Bonchev–Trinajstić information content (AvgIpc) is 2.75. The van der Waals surface area contributed by atoms with Crippen LogP contribution in [0.25, 0.3) is 0 Å². The molecule has 2 aromatic rings. The van der Waals surface area contributed by atoms with Crippen molar-refractivity contribution in [2.24, 2.45) is 0 Å². The molecule has 3 rings (SSSR count). The Balaban J connectivity index is 1.82. The van der Waals surface area contributed by atoms with Crippen LogP contribution < -0.4 is 14.4 Å². The molecule has 32 heavy (non-hydrogen) atoms. The SMILES string of the molecule is COc1ccc([N+](=O)[O-])cc1N(CC(=O)N[C@@H](C)c1ccc2c(c1)CCCC2)S(C)(=O)=O. The molecule has 0 aromatic heterocycles. The average molecular weight is 462 g/mol. The van der Waals surface area contributed by atoms with Crippen LogP contribution in [-0.2, 0) is 27.7 Å². The third-order valence-corrected chi connectivity index (χ3v) is 6.71. The number of carbonyl (C=O) groups excluding carboxylic acids is 1. The van der Waals surface area contributed by atoms with Gasteiger partial charge in [0.1, 0.15) is 18.0 Å². The van der Waals surface area contributed by atoms with Crippen LogP contribution in [0.3, 0.4) is 0 Å². The Hall–Kier alpha value is -3.14. The van der Waals surface area contributed by atoms with Crippen molar-refractivity contribution in [3.63, 3.8) is 0 Å². The second-order valence-electron chi connectivity index (χ2n) is 7.91. The number of amides is 1. The van der Waals surface area contributed by atoms with E-state index >= 15 is 0 Å². The molecular formula is C22H27N3O6S. The number of nitrogens with zero attached hydrogens (tertiary/aromatic N) is 2. The van der Waals surface area contributed by atoms with Gasteiger partial charge >= 0.3 is 0 Å². The molecule has 1 N–H and O–H groups in total. The van der Waals surface area contributed by atoms with Crippen LogP contribution in [0.5, 0.6) is 5.75 Å². The van der Waals surface area contributed by atoms with Crippen molar-refractivity contribution in [3.8, 4) is 5.75 Å². The molecule has 0 aliphatic heterocycles. The first-order valence-electron chi connectivity index (χ1n) is 10.3. The molecule has 0 saturated heterocycles. The van der Waals surface area contributed by atoms with Crippen molar-refractivity contribution in [1.82, 2.24) is 5.32 Å². The fourth-order valence-electron chi connectivity index (χ4n) is 3.89. The Labute approximate surface area is 187 Å². The molecule has 0 fully saturated rings. The van der Waals surface area contributed by atoms with E-state index in [1.165, 1.54) is 36.8 Å². The first-order valence-corrected chi connectivity index (χ1v) is 12.2. The summed E-state index contributed by atoms with van der Waals surface area (Å²) < 4.78 is 30.9. The van der Waals surface area contributed by atoms with Crippen molar-refractivity contribution in [3.05, 3.63) is 63.2 Å². The number of anilines is 1. The summed E-state index contributed by atoms with van der Waals surface area (Å²) in [4.78, 5) is 23.3. The molecule has 0 unspecified atom stereocenters. The highest BCUT2D eigenvalue weighted by molar-refractivity contribution is 7.92. The molecular weight excluding hydrogens is 434 g/mol. The van der Waals surface area contributed by atoms with Gasteiger partial charge < -0.3 is 10.1 Å². The van der Waals surface area contributed by atoms with Crippen molar-refractivity contribution in [2.75, 3.05) is 24.2 Å². The van der Waals surface area contributed by atoms with Gasteiger partial charge in [0.25, 0.3) is 5.69 Å². The maximum atomic E-state index is 12.8. The summed E-state index contributed by atoms with van der Waals surface area (Å²) in [5, 5.41) is 14.0. The Morgan fingerprint density at radius 3 is 2.50 bits per heavy atom. The zero-order valence-electron chi connectivity index (χ0n) is 18.3. The van der Waals surface area contributed by atoms with Crippen LogP contribution in [0.2, 0.25) is 0 Å². The third kappa shape index (κ3) is 5.37. The van der Waals surface area contributed by atoms with Gasteiger partial charge in [-0.2, -0.15) is 0 Å². The van der Waals surface area contributed by atoms with Gasteiger partial charge in [0.2, 0.25) is 15.9 Å². The van der Waals surface area contributed by atoms with Crippen LogP contribution in [0.1, 0.15) is 42.5 Å². The van der Waals surface area contributed by atoms with Crippen LogP contribution in [-0.4, -0.2) is 39.2 Å². The summed E-state index contributed by atoms with van der Waals surface area (Å²) in [7, 11) is -2.61. The van der Waals surface area contributed by atoms with E-state index in [4.69, 9.17) is 4.74 Å². The number of ether oxygens (including phenoxy) is 1. The lowest BCUT2D eigenvalue weighted by atomic mass is 9.89. The molecule has 0 heterocycles. The normalized spacial score (nSPS) is 14.2. The number of hydrogen-bond acceptors (Lipinski definition) is 6. The fourth-order valence-corrected chi connectivity index (χ4v) is 4.74. The number of carbonyl (C=O) groups is 1. The van der Waals surface area contributed by atoms with Crippen LogP contribution in [0.15, 0.2) is 36.4 Å². The molecule has 1 atom stereocenters. The molecule has 1 amide bonds. The lowest BCUT2D eigenvalue weighted by Gasteiger charge is -2.25. The largest absolute Gasteiger partial charge is 0.495 e. The van der Waals surface area contributed by atoms with E-state index in [1.54, 1.807) is 0 Å². The van der Waals surface area contributed by atoms with Gasteiger partial charge in [-0.25, -0.2) is 8.42 Å². The molecule has 1 aliphatic rings. The van der Waals surface area contributed by atoms with Crippen LogP contribution >= 0.6 is 0 Å². The van der Waals surface area contributed by atoms with Gasteiger partial charge in [0, 0.05) is 12.1 Å². The van der Waals surface area contributed by atoms with E-state index in [9.17, 15) is 23.3 Å². The maximum Gasteiger partial charge on any atom is 0.271 e. The summed E-state index contributed by atoms with van der Waals surface area (Å²) in [6, 6.07) is 9.43. The summed E-state index contributed by atoms with van der Waals surface area (Å²) in [5.41, 5.74) is 3.18. The summed E-state index contributed by atoms with van der Waals surface area (Å²) in [6.45, 7) is 1.30. The monoisotopic (exact) mass is 461 g/mol. The number of aryl methyl sites for hydroxylation is 2. The number of hydrogen-bond donors (Lipinski definition) is 1. The quantitative estimate of drug-likeness (QED) is 0.477. The summed E-state index contributed by atoms with van der Waals surface area (Å²) in [6.07, 6.45) is 5.33. The number of nitro benzene ring substituents is 1. The minimum absolute atomic E-state index is 0.0687. The van der Waals surface area contributed by atoms with E-state index in [2.05, 4.69) is 17.4 Å². The molecule has 0 bridgehead atoms. The van der Waals surface area contributed by atoms with Crippen LogP contribution in [0.4, 0.5) is 11.4 Å². The van der Waals surface area contributed by atoms with Gasteiger partial charge in [0.15, 0.2) is 0 Å². The van der Waals surface area contributed by atoms with Crippen molar-refractivity contribution < 1.29 is 22.9 Å². The predicted molar refractivity (Wildman–Crippen MR) is 121 cm³/mol. The second kappa shape index (κ2) is 9.56. The maximum absolute atomic E-state index is 12.8. The lowest BCUT2D eigenvalue weighted by Crippen LogP contribution is -2.41. The number of sulfonamides is 1. The van der Waals surface area contributed by atoms with E-state index in [-0.39, 0.29) is 23.2 Å². The van der Waals surface area contributed by atoms with Gasteiger partial charge in [0.05, 0.1) is 24.3 Å². The van der Waals surface area contributed by atoms with E-state index in [0.717, 1.165) is 41.5 Å². The topological polar surface area (TPSA) is 119 Å². The minimum Gasteiger partial charge on any atom is -0.495 e. The van der Waals surface area contributed by atoms with Crippen LogP contribution in [0, 0.1) is 10.1 Å². The van der Waals surface area contributed by atoms with Gasteiger partial charge in [-0.15, -0.1) is 0 Å². The van der Waals surface area contributed by atoms with Crippen molar-refractivity contribution >= 4 is 27.3 Å². The summed E-state index contributed by atoms with van der Waals surface area (Å²) in [5.74, 6) is -0.425. The molecule has 0 radical (unpaired) electrons. The van der Waals surface area contributed by atoms with Gasteiger partial charge in [-0.05, 0) is 55.4 Å². The number of methoxy groups -OCH3 is 1. The van der Waals surface area contributed by atoms with E-state index in [0.29, 0.717) is 0 Å². The Kier molecular flexibility index (Phi) is 7.02. The number of rotatable bonds is 8. The number of nitrogens with one attached hydrogen (secondary N) is 1. The molecule has 0 saturated carbocycles. The Bertz CT molecular complexity index is 1130. The second-order valence-corrected chi connectivity index (χ2v) is 9.81. The zero-order valence-corrected chi connectivity index (χ0v) is 19.1. The van der Waals surface area contributed by atoms with Crippen molar-refractivity contribution in [2.45, 2.75) is 38.6 Å². The van der Waals surface area contributed by atoms with Crippen molar-refractivity contribution in [1.29, 1.82) is 0 Å². The predicted octanol–water partition coefficient (Wildman–Crippen LogP) is 3.13. The van der Waals surface area contributed by atoms with Gasteiger partial charge in [-0.3, -0.25) is 19.2 Å². The highest BCUT2D eigenvalue weighted by atomic mass is 32.2. The molecule has 2 aromatic carbocycles. The smallest absolute Gasteiger partial charge is 0.271 e. The highest BCUT2D eigenvalue weighted by Crippen LogP contribution is 2.33. The summed E-state index contributed by atoms with van der Waals surface area (Å²) >= 11 is 0. The molecule has 0 spiro atoms. The van der Waals surface area contributed by atoms with E-state index < -0.39 is 27.4 Å². The fraction of sp³-hybridized carbons (Fsp3) is 0.409. The number of fused-ring (bicyclic) bond motifs is 1. The minimum atomic E-state index is -3.93. The first kappa shape index (κ1) is 23.5. The standard InChI is InChI=1S/C22H27N3O6S/c1-15(17-9-8-16-6-4-5-7-18(16)12-17)23-22(26)14-24(32(3,29)30)20-13-19(25(27)28)10-11-21(20)31-2/h8-13,15H,4-7,14H2,1-3H3,(H,23,26)/t15-/m0/s1. The number of benzene rings is 2. The highest BCUT2D eigenvalue weighted by Gasteiger charge is 2.27.